The van der Waals surface area contributed by atoms with E-state index >= 15 is 0 Å². The summed E-state index contributed by atoms with van der Waals surface area (Å²) in [6, 6.07) is 0.536. The van der Waals surface area contributed by atoms with Crippen molar-refractivity contribution < 1.29 is 4.74 Å². The van der Waals surface area contributed by atoms with Crippen LogP contribution in [0.15, 0.2) is 0 Å². The fraction of sp³-hybridized carbons (Fsp3) is 1.00. The van der Waals surface area contributed by atoms with Crippen molar-refractivity contribution >= 4 is 0 Å². The lowest BCUT2D eigenvalue weighted by Crippen LogP contribution is -2.54. The highest BCUT2D eigenvalue weighted by Crippen LogP contribution is 2.19. The van der Waals surface area contributed by atoms with Crippen LogP contribution in [0.25, 0.3) is 0 Å². The minimum absolute atomic E-state index is 0.0303. The van der Waals surface area contributed by atoms with E-state index in [4.69, 9.17) is 4.74 Å². The molecule has 1 atom stereocenters. The molecule has 1 saturated heterocycles. The molecular formula is C10H22N2O. The highest BCUT2D eigenvalue weighted by molar-refractivity contribution is 4.89. The van der Waals surface area contributed by atoms with E-state index in [1.807, 2.05) is 7.11 Å². The molecule has 1 rings (SSSR count). The monoisotopic (exact) mass is 186 g/mol. The molecule has 3 nitrogen and oxygen atoms in total. The Morgan fingerprint density at radius 2 is 2.31 bits per heavy atom. The van der Waals surface area contributed by atoms with Gasteiger partial charge in [-0.05, 0) is 19.4 Å². The van der Waals surface area contributed by atoms with Gasteiger partial charge < -0.3 is 15.4 Å². The van der Waals surface area contributed by atoms with Gasteiger partial charge in [-0.25, -0.2) is 0 Å². The van der Waals surface area contributed by atoms with Crippen LogP contribution in [0.4, 0.5) is 0 Å². The molecule has 0 aromatic heterocycles. The zero-order valence-electron chi connectivity index (χ0n) is 9.02. The third kappa shape index (κ3) is 3.25. The summed E-state index contributed by atoms with van der Waals surface area (Å²) < 4.78 is 5.60. The molecule has 3 heteroatoms. The van der Waals surface area contributed by atoms with Crippen molar-refractivity contribution in [1.82, 2.24) is 10.6 Å². The second-order valence-corrected chi connectivity index (χ2v) is 4.20. The quantitative estimate of drug-likeness (QED) is 0.680. The molecule has 1 unspecified atom stereocenters. The first kappa shape index (κ1) is 11.0. The number of methoxy groups -OCH3 is 1. The summed E-state index contributed by atoms with van der Waals surface area (Å²) in [5.41, 5.74) is 0.0303. The van der Waals surface area contributed by atoms with Crippen LogP contribution in [0.1, 0.15) is 26.7 Å². The number of hydrogen-bond donors (Lipinski definition) is 2. The Morgan fingerprint density at radius 3 is 2.77 bits per heavy atom. The first-order valence-corrected chi connectivity index (χ1v) is 5.18. The first-order chi connectivity index (χ1) is 6.18. The van der Waals surface area contributed by atoms with Crippen molar-refractivity contribution in [2.45, 2.75) is 38.3 Å². The predicted molar refractivity (Wildman–Crippen MR) is 55.0 cm³/mol. The van der Waals surface area contributed by atoms with Crippen molar-refractivity contribution in [2.75, 3.05) is 26.7 Å². The van der Waals surface area contributed by atoms with Crippen LogP contribution < -0.4 is 10.6 Å². The molecule has 2 N–H and O–H groups in total. The van der Waals surface area contributed by atoms with Gasteiger partial charge in [0.2, 0.25) is 0 Å². The third-order valence-corrected chi connectivity index (χ3v) is 2.70. The Bertz CT molecular complexity index is 142. The maximum Gasteiger partial charge on any atom is 0.0926 e. The van der Waals surface area contributed by atoms with E-state index in [-0.39, 0.29) is 5.60 Å². The number of hydrogen-bond acceptors (Lipinski definition) is 3. The Hall–Kier alpha value is -0.120. The Morgan fingerprint density at radius 1 is 1.54 bits per heavy atom. The molecular weight excluding hydrogens is 164 g/mol. The van der Waals surface area contributed by atoms with E-state index in [1.54, 1.807) is 0 Å². The second kappa shape index (κ2) is 4.94. The van der Waals surface area contributed by atoms with Crippen molar-refractivity contribution in [2.24, 2.45) is 0 Å². The molecule has 78 valence electrons. The summed E-state index contributed by atoms with van der Waals surface area (Å²) in [5.74, 6) is 0. The predicted octanol–water partition coefficient (Wildman–Crippen LogP) is 0.753. The van der Waals surface area contributed by atoms with Gasteiger partial charge in [0.25, 0.3) is 0 Å². The summed E-state index contributed by atoms with van der Waals surface area (Å²) in [4.78, 5) is 0. The summed E-state index contributed by atoms with van der Waals surface area (Å²) in [6.07, 6.45) is 2.38. The number of piperidine rings is 1. The van der Waals surface area contributed by atoms with Gasteiger partial charge in [-0.15, -0.1) is 0 Å². The largest absolute Gasteiger partial charge is 0.376 e. The summed E-state index contributed by atoms with van der Waals surface area (Å²) in [5, 5.41) is 6.83. The lowest BCUT2D eigenvalue weighted by molar-refractivity contribution is -0.0280. The standard InChI is InChI=1S/C10H22N2O/c1-9(2)12-8-10(13-3)5-4-6-11-7-10/h9,11-12H,4-8H2,1-3H3. The lowest BCUT2D eigenvalue weighted by atomic mass is 9.93. The lowest BCUT2D eigenvalue weighted by Gasteiger charge is -2.37. The van der Waals surface area contributed by atoms with E-state index < -0.39 is 0 Å². The molecule has 1 heterocycles. The summed E-state index contributed by atoms with van der Waals surface area (Å²) in [7, 11) is 1.81. The van der Waals surface area contributed by atoms with Crippen LogP contribution in [-0.2, 0) is 4.74 Å². The van der Waals surface area contributed by atoms with Gasteiger partial charge in [0.15, 0.2) is 0 Å². The van der Waals surface area contributed by atoms with Crippen LogP contribution in [0, 0.1) is 0 Å². The van der Waals surface area contributed by atoms with E-state index in [1.165, 1.54) is 6.42 Å². The van der Waals surface area contributed by atoms with Gasteiger partial charge in [0, 0.05) is 26.2 Å². The normalized spacial score (nSPS) is 29.5. The summed E-state index contributed by atoms with van der Waals surface area (Å²) in [6.45, 7) is 7.39. The maximum absolute atomic E-state index is 5.60. The van der Waals surface area contributed by atoms with Gasteiger partial charge in [-0.1, -0.05) is 13.8 Å². The minimum atomic E-state index is 0.0303. The molecule has 0 saturated carbocycles. The van der Waals surface area contributed by atoms with Crippen molar-refractivity contribution in [3.8, 4) is 0 Å². The average Bonchev–Trinajstić information content (AvgIpc) is 2.16. The minimum Gasteiger partial charge on any atom is -0.376 e. The Balaban J connectivity index is 2.38. The Labute approximate surface area is 81.2 Å². The van der Waals surface area contributed by atoms with E-state index in [9.17, 15) is 0 Å². The molecule has 1 aliphatic rings. The van der Waals surface area contributed by atoms with Crippen LogP contribution in [0.2, 0.25) is 0 Å². The van der Waals surface area contributed by atoms with Crippen LogP contribution in [0.5, 0.6) is 0 Å². The van der Waals surface area contributed by atoms with Gasteiger partial charge in [0.1, 0.15) is 0 Å². The third-order valence-electron chi connectivity index (χ3n) is 2.70. The molecule has 0 spiro atoms. The van der Waals surface area contributed by atoms with Gasteiger partial charge >= 0.3 is 0 Å². The highest BCUT2D eigenvalue weighted by atomic mass is 16.5. The zero-order valence-corrected chi connectivity index (χ0v) is 9.02. The van der Waals surface area contributed by atoms with E-state index in [0.717, 1.165) is 26.1 Å². The zero-order chi connectivity index (χ0) is 9.73. The number of nitrogens with one attached hydrogen (secondary N) is 2. The SMILES string of the molecule is COC1(CNC(C)C)CCCNC1. The fourth-order valence-corrected chi connectivity index (χ4v) is 1.73. The van der Waals surface area contributed by atoms with Crippen LogP contribution in [-0.4, -0.2) is 38.4 Å². The van der Waals surface area contributed by atoms with Gasteiger partial charge in [-0.3, -0.25) is 0 Å². The van der Waals surface area contributed by atoms with Crippen LogP contribution >= 0.6 is 0 Å². The van der Waals surface area contributed by atoms with Crippen molar-refractivity contribution in [3.63, 3.8) is 0 Å². The topological polar surface area (TPSA) is 33.3 Å². The second-order valence-electron chi connectivity index (χ2n) is 4.20. The van der Waals surface area contributed by atoms with Crippen LogP contribution in [0.3, 0.4) is 0 Å². The average molecular weight is 186 g/mol. The van der Waals surface area contributed by atoms with Crippen molar-refractivity contribution in [3.05, 3.63) is 0 Å². The molecule has 0 radical (unpaired) electrons. The highest BCUT2D eigenvalue weighted by Gasteiger charge is 2.31. The Kier molecular flexibility index (Phi) is 4.16. The molecule has 1 fully saturated rings. The fourth-order valence-electron chi connectivity index (χ4n) is 1.73. The molecule has 0 bridgehead atoms. The first-order valence-electron chi connectivity index (χ1n) is 5.18. The van der Waals surface area contributed by atoms with Gasteiger partial charge in [-0.2, -0.15) is 0 Å². The maximum atomic E-state index is 5.60. The molecule has 1 aliphatic heterocycles. The molecule has 0 aromatic carbocycles. The summed E-state index contributed by atoms with van der Waals surface area (Å²) >= 11 is 0. The van der Waals surface area contributed by atoms with Gasteiger partial charge in [0.05, 0.1) is 5.60 Å². The smallest absolute Gasteiger partial charge is 0.0926 e. The number of ether oxygens (including phenoxy) is 1. The molecule has 0 amide bonds. The molecule has 0 aromatic rings. The molecule has 0 aliphatic carbocycles. The van der Waals surface area contributed by atoms with E-state index in [2.05, 4.69) is 24.5 Å². The van der Waals surface area contributed by atoms with Crippen molar-refractivity contribution in [1.29, 1.82) is 0 Å². The van der Waals surface area contributed by atoms with E-state index in [0.29, 0.717) is 6.04 Å². The number of rotatable bonds is 4. The molecule has 13 heavy (non-hydrogen) atoms.